The lowest BCUT2D eigenvalue weighted by Gasteiger charge is -2.45. The molecule has 1 amide bonds. The van der Waals surface area contributed by atoms with Gasteiger partial charge in [0.2, 0.25) is 18.0 Å². The van der Waals surface area contributed by atoms with E-state index in [1.54, 1.807) is 19.5 Å². The first-order chi connectivity index (χ1) is 18.0. The van der Waals surface area contributed by atoms with E-state index in [0.29, 0.717) is 23.7 Å². The third kappa shape index (κ3) is 5.56. The summed E-state index contributed by atoms with van der Waals surface area (Å²) in [7, 11) is 3.44. The molecule has 3 aromatic rings. The number of pyridine rings is 1. The minimum Gasteiger partial charge on any atom is -0.480 e. The first-order valence-corrected chi connectivity index (χ1v) is 12.4. The van der Waals surface area contributed by atoms with E-state index in [9.17, 15) is 4.79 Å². The van der Waals surface area contributed by atoms with Crippen LogP contribution in [0.25, 0.3) is 0 Å². The highest BCUT2D eigenvalue weighted by molar-refractivity contribution is 6.06. The molecule has 0 atom stereocenters. The molecule has 37 heavy (non-hydrogen) atoms. The maximum absolute atomic E-state index is 14.0. The van der Waals surface area contributed by atoms with Crippen molar-refractivity contribution in [3.8, 4) is 12.1 Å². The lowest BCUT2D eigenvalue weighted by molar-refractivity contribution is 0.0971. The first-order valence-electron chi connectivity index (χ1n) is 12.4. The molecule has 0 bridgehead atoms. The van der Waals surface area contributed by atoms with Crippen LogP contribution in [-0.2, 0) is 5.41 Å². The zero-order valence-corrected chi connectivity index (χ0v) is 21.2. The molecule has 190 valence electrons. The molecule has 8 nitrogen and oxygen atoms in total. The SMILES string of the molecule is COc1ncccc1N(CC1(c2ccccc2)CCC(N(C)C(N)=NC#N)CC1)C(=O)c1ccccc1. The van der Waals surface area contributed by atoms with Crippen LogP contribution in [0.5, 0.6) is 5.88 Å². The van der Waals surface area contributed by atoms with Gasteiger partial charge in [0, 0.05) is 36.8 Å². The van der Waals surface area contributed by atoms with Gasteiger partial charge in [-0.15, -0.1) is 4.99 Å². The molecule has 1 aliphatic carbocycles. The van der Waals surface area contributed by atoms with Gasteiger partial charge in [0.05, 0.1) is 7.11 Å². The number of benzene rings is 2. The average Bonchev–Trinajstić information content (AvgIpc) is 2.96. The number of nitrogens with zero attached hydrogens (tertiary/aromatic N) is 5. The summed E-state index contributed by atoms with van der Waals surface area (Å²) in [4.78, 5) is 25.7. The Kier molecular flexibility index (Phi) is 8.04. The molecule has 2 aromatic carbocycles. The second kappa shape index (κ2) is 11.6. The van der Waals surface area contributed by atoms with Crippen LogP contribution < -0.4 is 15.4 Å². The highest BCUT2D eigenvalue weighted by Crippen LogP contribution is 2.43. The predicted octanol–water partition coefficient (Wildman–Crippen LogP) is 4.35. The summed E-state index contributed by atoms with van der Waals surface area (Å²) < 4.78 is 5.57. The van der Waals surface area contributed by atoms with Crippen molar-refractivity contribution in [2.24, 2.45) is 10.7 Å². The van der Waals surface area contributed by atoms with E-state index in [1.165, 1.54) is 5.56 Å². The first kappa shape index (κ1) is 25.7. The summed E-state index contributed by atoms with van der Waals surface area (Å²) in [5.74, 6) is 0.524. The fourth-order valence-electron chi connectivity index (χ4n) is 5.24. The van der Waals surface area contributed by atoms with Gasteiger partial charge in [0.15, 0.2) is 0 Å². The number of carbonyl (C=O) groups is 1. The lowest BCUT2D eigenvalue weighted by Crippen LogP contribution is -2.50. The molecule has 0 aliphatic heterocycles. The van der Waals surface area contributed by atoms with Gasteiger partial charge in [-0.25, -0.2) is 4.98 Å². The van der Waals surface area contributed by atoms with Crippen LogP contribution in [-0.4, -0.2) is 48.5 Å². The number of rotatable bonds is 7. The number of ether oxygens (including phenoxy) is 1. The van der Waals surface area contributed by atoms with Crippen molar-refractivity contribution < 1.29 is 9.53 Å². The molecule has 4 rings (SSSR count). The normalized spacial score (nSPS) is 19.5. The predicted molar refractivity (Wildman–Crippen MR) is 144 cm³/mol. The number of carbonyl (C=O) groups excluding carboxylic acids is 1. The Labute approximate surface area is 218 Å². The molecule has 0 radical (unpaired) electrons. The Balaban J connectivity index is 1.73. The summed E-state index contributed by atoms with van der Waals surface area (Å²) in [6.07, 6.45) is 6.76. The molecule has 2 N–H and O–H groups in total. The van der Waals surface area contributed by atoms with Gasteiger partial charge in [-0.2, -0.15) is 5.26 Å². The van der Waals surface area contributed by atoms with Crippen LogP contribution in [0.3, 0.4) is 0 Å². The third-order valence-corrected chi connectivity index (χ3v) is 7.33. The Morgan fingerprint density at radius 3 is 2.38 bits per heavy atom. The van der Waals surface area contributed by atoms with Gasteiger partial charge >= 0.3 is 0 Å². The van der Waals surface area contributed by atoms with E-state index in [1.807, 2.05) is 77.5 Å². The van der Waals surface area contributed by atoms with Crippen LogP contribution >= 0.6 is 0 Å². The zero-order chi connectivity index (χ0) is 26.3. The number of amides is 1. The quantitative estimate of drug-likeness (QED) is 0.296. The largest absolute Gasteiger partial charge is 0.480 e. The van der Waals surface area contributed by atoms with E-state index in [2.05, 4.69) is 22.1 Å². The number of guanidine groups is 1. The molecule has 0 spiro atoms. The van der Waals surface area contributed by atoms with Gasteiger partial charge in [-0.1, -0.05) is 48.5 Å². The van der Waals surface area contributed by atoms with Crippen LogP contribution in [0.2, 0.25) is 0 Å². The fourth-order valence-corrected chi connectivity index (χ4v) is 5.24. The monoisotopic (exact) mass is 496 g/mol. The number of aromatic nitrogens is 1. The van der Waals surface area contributed by atoms with Crippen LogP contribution in [0.4, 0.5) is 5.69 Å². The van der Waals surface area contributed by atoms with Gasteiger partial charge in [0.25, 0.3) is 5.91 Å². The molecule has 1 saturated carbocycles. The number of hydrogen-bond acceptors (Lipinski definition) is 5. The van der Waals surface area contributed by atoms with Crippen molar-refractivity contribution in [1.29, 1.82) is 5.26 Å². The smallest absolute Gasteiger partial charge is 0.258 e. The van der Waals surface area contributed by atoms with Gasteiger partial charge in [-0.05, 0) is 55.5 Å². The standard InChI is InChI=1S/C29H32N6O2/c1-34(28(31)33-21-30)24-15-17-29(18-16-24,23-12-7-4-8-13-23)20-35(25-14-9-19-32-26(25)37-2)27(36)22-10-5-3-6-11-22/h3-14,19,24H,15-18,20H2,1-2H3,(H2,31,33). The number of nitrogens with two attached hydrogens (primary N) is 1. The molecular weight excluding hydrogens is 464 g/mol. The number of anilines is 1. The van der Waals surface area contributed by atoms with Crippen molar-refractivity contribution in [2.75, 3.05) is 25.6 Å². The minimum absolute atomic E-state index is 0.105. The average molecular weight is 497 g/mol. The Bertz CT molecular complexity index is 1260. The number of hydrogen-bond donors (Lipinski definition) is 1. The maximum atomic E-state index is 14.0. The molecule has 0 saturated heterocycles. The van der Waals surface area contributed by atoms with Crippen molar-refractivity contribution in [3.63, 3.8) is 0 Å². The van der Waals surface area contributed by atoms with E-state index in [4.69, 9.17) is 15.7 Å². The van der Waals surface area contributed by atoms with Gasteiger partial charge in [-0.3, -0.25) is 4.79 Å². The third-order valence-electron chi connectivity index (χ3n) is 7.33. The molecule has 8 heteroatoms. The summed E-state index contributed by atoms with van der Waals surface area (Å²) in [5, 5.41) is 8.91. The summed E-state index contributed by atoms with van der Waals surface area (Å²) in [5.41, 5.74) is 8.13. The van der Waals surface area contributed by atoms with Crippen molar-refractivity contribution >= 4 is 17.6 Å². The minimum atomic E-state index is -0.301. The van der Waals surface area contributed by atoms with Crippen LogP contribution in [0.15, 0.2) is 84.0 Å². The second-order valence-electron chi connectivity index (χ2n) is 9.35. The molecule has 1 fully saturated rings. The zero-order valence-electron chi connectivity index (χ0n) is 21.2. The molecular formula is C29H32N6O2. The summed E-state index contributed by atoms with van der Waals surface area (Å²) in [6.45, 7) is 0.463. The fraction of sp³-hybridized carbons (Fsp3) is 0.310. The highest BCUT2D eigenvalue weighted by atomic mass is 16.5. The van der Waals surface area contributed by atoms with Gasteiger partial charge < -0.3 is 20.3 Å². The molecule has 0 unspecified atom stereocenters. The molecule has 1 aliphatic rings. The summed E-state index contributed by atoms with van der Waals surface area (Å²) >= 11 is 0. The summed E-state index contributed by atoms with van der Waals surface area (Å²) in [6, 6.07) is 23.5. The van der Waals surface area contributed by atoms with Gasteiger partial charge in [0.1, 0.15) is 5.69 Å². The Morgan fingerprint density at radius 1 is 1.11 bits per heavy atom. The second-order valence-corrected chi connectivity index (χ2v) is 9.35. The van der Waals surface area contributed by atoms with E-state index >= 15 is 0 Å². The number of nitriles is 1. The van der Waals surface area contributed by atoms with E-state index < -0.39 is 0 Å². The topological polar surface area (TPSA) is 108 Å². The number of methoxy groups -OCH3 is 1. The van der Waals surface area contributed by atoms with Crippen molar-refractivity contribution in [1.82, 2.24) is 9.88 Å². The Morgan fingerprint density at radius 2 is 1.76 bits per heavy atom. The van der Waals surface area contributed by atoms with E-state index in [-0.39, 0.29) is 23.3 Å². The highest BCUT2D eigenvalue weighted by Gasteiger charge is 2.41. The van der Waals surface area contributed by atoms with Crippen molar-refractivity contribution in [2.45, 2.75) is 37.1 Å². The molecule has 1 aromatic heterocycles. The molecule has 1 heterocycles. The van der Waals surface area contributed by atoms with Crippen molar-refractivity contribution in [3.05, 3.63) is 90.1 Å². The van der Waals surface area contributed by atoms with Crippen LogP contribution in [0.1, 0.15) is 41.6 Å². The lowest BCUT2D eigenvalue weighted by atomic mass is 9.67. The van der Waals surface area contributed by atoms with Crippen LogP contribution in [0, 0.1) is 11.5 Å². The van der Waals surface area contributed by atoms with E-state index in [0.717, 1.165) is 25.7 Å². The number of aliphatic imine (C=N–C) groups is 1. The maximum Gasteiger partial charge on any atom is 0.258 e. The Hall–Kier alpha value is -4.38.